The van der Waals surface area contributed by atoms with Crippen LogP contribution in [0.5, 0.6) is 0 Å². The third-order valence-electron chi connectivity index (χ3n) is 4.64. The summed E-state index contributed by atoms with van der Waals surface area (Å²) in [7, 11) is 0. The van der Waals surface area contributed by atoms with E-state index >= 15 is 0 Å². The molecule has 0 radical (unpaired) electrons. The first kappa shape index (κ1) is 19.2. The summed E-state index contributed by atoms with van der Waals surface area (Å²) < 4.78 is 13.8. The minimum atomic E-state index is -0.496. The zero-order valence-corrected chi connectivity index (χ0v) is 15.5. The van der Waals surface area contributed by atoms with E-state index in [-0.39, 0.29) is 23.4 Å². The highest BCUT2D eigenvalue weighted by atomic mass is 35.5. The summed E-state index contributed by atoms with van der Waals surface area (Å²) in [4.78, 5) is 26.1. The van der Waals surface area contributed by atoms with Crippen LogP contribution in [0, 0.1) is 11.7 Å². The first-order valence-corrected chi connectivity index (χ1v) is 9.25. The second kappa shape index (κ2) is 8.86. The molecule has 1 fully saturated rings. The number of rotatable bonds is 4. The van der Waals surface area contributed by atoms with Gasteiger partial charge in [-0.05, 0) is 49.1 Å². The maximum Gasteiger partial charge on any atom is 0.319 e. The van der Waals surface area contributed by atoms with Crippen molar-refractivity contribution in [1.29, 1.82) is 0 Å². The number of carbonyl (C=O) groups is 2. The molecule has 2 aromatic rings. The van der Waals surface area contributed by atoms with Gasteiger partial charge in [-0.2, -0.15) is 0 Å². The summed E-state index contributed by atoms with van der Waals surface area (Å²) in [5.74, 6) is -0.498. The van der Waals surface area contributed by atoms with Gasteiger partial charge in [-0.25, -0.2) is 9.18 Å². The Bertz CT molecular complexity index is 822. The average Bonchev–Trinajstić information content (AvgIpc) is 2.67. The lowest BCUT2D eigenvalue weighted by Gasteiger charge is -2.32. The Morgan fingerprint density at radius 1 is 1.11 bits per heavy atom. The molecule has 1 aliphatic rings. The third kappa shape index (κ3) is 5.20. The number of hydrogen-bond acceptors (Lipinski definition) is 2. The van der Waals surface area contributed by atoms with Gasteiger partial charge in [0.15, 0.2) is 0 Å². The van der Waals surface area contributed by atoms with Gasteiger partial charge in [-0.15, -0.1) is 0 Å². The Labute approximate surface area is 162 Å². The molecule has 2 aromatic carbocycles. The monoisotopic (exact) mass is 389 g/mol. The quantitative estimate of drug-likeness (QED) is 0.825. The molecule has 1 aliphatic heterocycles. The van der Waals surface area contributed by atoms with Crippen molar-refractivity contribution < 1.29 is 14.0 Å². The normalized spacial score (nSPS) is 14.7. The summed E-state index contributed by atoms with van der Waals surface area (Å²) in [5, 5.41) is 6.14. The molecule has 1 saturated heterocycles. The second-order valence-corrected chi connectivity index (χ2v) is 7.00. The molecule has 0 aliphatic carbocycles. The number of benzene rings is 2. The maximum absolute atomic E-state index is 13.8. The van der Waals surface area contributed by atoms with E-state index in [1.165, 1.54) is 12.1 Å². The molecule has 0 bridgehead atoms. The standard InChI is InChI=1S/C20H21ClFN3O2/c21-15-4-3-5-16(12-15)24-20(27)23-13-14-8-10-25(11-9-14)19(26)17-6-1-2-7-18(17)22/h1-7,12,14H,8-11,13H2,(H2,23,24,27). The van der Waals surface area contributed by atoms with Crippen LogP contribution < -0.4 is 10.6 Å². The van der Waals surface area contributed by atoms with Crippen molar-refractivity contribution in [3.63, 3.8) is 0 Å². The number of piperidine rings is 1. The van der Waals surface area contributed by atoms with Gasteiger partial charge in [0.1, 0.15) is 5.82 Å². The first-order valence-electron chi connectivity index (χ1n) is 8.87. The predicted molar refractivity (Wildman–Crippen MR) is 104 cm³/mol. The highest BCUT2D eigenvalue weighted by Gasteiger charge is 2.25. The van der Waals surface area contributed by atoms with Crippen molar-refractivity contribution in [2.75, 3.05) is 25.0 Å². The van der Waals surface area contributed by atoms with Crippen LogP contribution in [0.3, 0.4) is 0 Å². The number of hydrogen-bond donors (Lipinski definition) is 2. The molecule has 0 saturated carbocycles. The van der Waals surface area contributed by atoms with E-state index in [0.717, 1.165) is 12.8 Å². The number of urea groups is 1. The summed E-state index contributed by atoms with van der Waals surface area (Å²) in [6.07, 6.45) is 1.52. The van der Waals surface area contributed by atoms with Gasteiger partial charge >= 0.3 is 6.03 Å². The van der Waals surface area contributed by atoms with Crippen molar-refractivity contribution in [3.05, 3.63) is 64.9 Å². The fraction of sp³-hybridized carbons (Fsp3) is 0.300. The number of halogens is 2. The lowest BCUT2D eigenvalue weighted by molar-refractivity contribution is 0.0686. The first-order chi connectivity index (χ1) is 13.0. The Morgan fingerprint density at radius 3 is 2.56 bits per heavy atom. The predicted octanol–water partition coefficient (Wildman–Crippen LogP) is 4.15. The minimum absolute atomic E-state index is 0.106. The van der Waals surface area contributed by atoms with Crippen LogP contribution in [0.1, 0.15) is 23.2 Å². The van der Waals surface area contributed by atoms with Crippen molar-refractivity contribution in [3.8, 4) is 0 Å². The van der Waals surface area contributed by atoms with Crippen LogP contribution in [0.15, 0.2) is 48.5 Å². The van der Waals surface area contributed by atoms with Gasteiger partial charge in [0.2, 0.25) is 0 Å². The van der Waals surface area contributed by atoms with Crippen LogP contribution >= 0.6 is 11.6 Å². The van der Waals surface area contributed by atoms with Gasteiger partial charge in [-0.1, -0.05) is 29.8 Å². The zero-order valence-electron chi connectivity index (χ0n) is 14.8. The van der Waals surface area contributed by atoms with Gasteiger partial charge in [0, 0.05) is 30.3 Å². The smallest absolute Gasteiger partial charge is 0.319 e. The summed E-state index contributed by atoms with van der Waals surface area (Å²) in [6, 6.07) is 12.7. The summed E-state index contributed by atoms with van der Waals surface area (Å²) >= 11 is 5.89. The molecule has 27 heavy (non-hydrogen) atoms. The molecule has 3 rings (SSSR count). The van der Waals surface area contributed by atoms with Crippen molar-refractivity contribution >= 4 is 29.2 Å². The number of anilines is 1. The average molecular weight is 390 g/mol. The molecule has 2 N–H and O–H groups in total. The van der Waals surface area contributed by atoms with E-state index in [4.69, 9.17) is 11.6 Å². The molecule has 7 heteroatoms. The lowest BCUT2D eigenvalue weighted by atomic mass is 9.96. The fourth-order valence-electron chi connectivity index (χ4n) is 3.12. The number of nitrogens with zero attached hydrogens (tertiary/aromatic N) is 1. The second-order valence-electron chi connectivity index (χ2n) is 6.56. The molecule has 142 valence electrons. The van der Waals surface area contributed by atoms with Crippen LogP contribution in [-0.2, 0) is 0 Å². The molecule has 1 heterocycles. The largest absolute Gasteiger partial charge is 0.339 e. The van der Waals surface area contributed by atoms with E-state index < -0.39 is 5.82 Å². The summed E-state index contributed by atoms with van der Waals surface area (Å²) in [5.41, 5.74) is 0.736. The van der Waals surface area contributed by atoms with E-state index in [9.17, 15) is 14.0 Å². The SMILES string of the molecule is O=C(NCC1CCN(C(=O)c2ccccc2F)CC1)Nc1cccc(Cl)c1. The topological polar surface area (TPSA) is 61.4 Å². The van der Waals surface area contributed by atoms with Gasteiger partial charge in [0.25, 0.3) is 5.91 Å². The number of carbonyl (C=O) groups excluding carboxylic acids is 2. The number of likely N-dealkylation sites (tertiary alicyclic amines) is 1. The van der Waals surface area contributed by atoms with E-state index in [1.54, 1.807) is 41.3 Å². The fourth-order valence-corrected chi connectivity index (χ4v) is 3.31. The highest BCUT2D eigenvalue weighted by Crippen LogP contribution is 2.20. The zero-order chi connectivity index (χ0) is 19.2. The molecular formula is C20H21ClFN3O2. The molecule has 5 nitrogen and oxygen atoms in total. The van der Waals surface area contributed by atoms with E-state index in [2.05, 4.69) is 10.6 Å². The third-order valence-corrected chi connectivity index (χ3v) is 4.87. The molecule has 0 unspecified atom stereocenters. The summed E-state index contributed by atoms with van der Waals surface area (Å²) in [6.45, 7) is 1.62. The van der Waals surface area contributed by atoms with Crippen LogP contribution in [0.2, 0.25) is 5.02 Å². The minimum Gasteiger partial charge on any atom is -0.339 e. The Balaban J connectivity index is 1.44. The van der Waals surface area contributed by atoms with Crippen LogP contribution in [0.25, 0.3) is 0 Å². The van der Waals surface area contributed by atoms with Crippen molar-refractivity contribution in [2.24, 2.45) is 5.92 Å². The highest BCUT2D eigenvalue weighted by molar-refractivity contribution is 6.30. The van der Waals surface area contributed by atoms with Gasteiger partial charge in [0.05, 0.1) is 5.56 Å². The van der Waals surface area contributed by atoms with Gasteiger partial charge < -0.3 is 15.5 Å². The van der Waals surface area contributed by atoms with E-state index in [0.29, 0.717) is 30.3 Å². The van der Waals surface area contributed by atoms with Crippen molar-refractivity contribution in [2.45, 2.75) is 12.8 Å². The van der Waals surface area contributed by atoms with Crippen LogP contribution in [-0.4, -0.2) is 36.5 Å². The van der Waals surface area contributed by atoms with Crippen molar-refractivity contribution in [1.82, 2.24) is 10.2 Å². The molecule has 0 atom stereocenters. The molecule has 0 aromatic heterocycles. The Morgan fingerprint density at radius 2 is 1.85 bits per heavy atom. The van der Waals surface area contributed by atoms with E-state index in [1.807, 2.05) is 0 Å². The Hall–Kier alpha value is -2.60. The maximum atomic E-state index is 13.8. The number of amides is 3. The molecule has 0 spiro atoms. The lowest BCUT2D eigenvalue weighted by Crippen LogP contribution is -2.42. The van der Waals surface area contributed by atoms with Crippen LogP contribution in [0.4, 0.5) is 14.9 Å². The molecule has 3 amide bonds. The molecular weight excluding hydrogens is 369 g/mol. The van der Waals surface area contributed by atoms with Gasteiger partial charge in [-0.3, -0.25) is 4.79 Å². The number of nitrogens with one attached hydrogen (secondary N) is 2. The Kier molecular flexibility index (Phi) is 6.29.